The summed E-state index contributed by atoms with van der Waals surface area (Å²) in [5.41, 5.74) is 4.08. The Kier molecular flexibility index (Phi) is 1.80. The average molecular weight is 275 g/mol. The van der Waals surface area contributed by atoms with Crippen LogP contribution in [0, 0.1) is 0 Å². The number of halogens is 3. The lowest BCUT2D eigenvalue weighted by molar-refractivity contribution is -0.275. The molecular formula is C11H14F3NO3. The summed E-state index contributed by atoms with van der Waals surface area (Å²) < 4.78 is 123. The van der Waals surface area contributed by atoms with E-state index >= 15 is 0 Å². The Morgan fingerprint density at radius 1 is 1.22 bits per heavy atom. The molecule has 4 nitrogen and oxygen atoms in total. The van der Waals surface area contributed by atoms with E-state index in [0.29, 0.717) is 6.07 Å². The highest BCUT2D eigenvalue weighted by atomic mass is 19.4. The first-order valence-electron chi connectivity index (χ1n) is 9.24. The fourth-order valence-corrected chi connectivity index (χ4v) is 1.09. The molecule has 0 spiro atoms. The van der Waals surface area contributed by atoms with E-state index in [1.54, 1.807) is 0 Å². The molecule has 0 unspecified atom stereocenters. The molecule has 0 radical (unpaired) electrons. The molecule has 0 bridgehead atoms. The smallest absolute Gasteiger partial charge is 0.496 e. The number of hydrogen-bond acceptors (Lipinski definition) is 4. The Balaban J connectivity index is 3.78. The van der Waals surface area contributed by atoms with Crippen LogP contribution < -0.4 is 19.9 Å². The van der Waals surface area contributed by atoms with Gasteiger partial charge in [-0.3, -0.25) is 0 Å². The summed E-state index contributed by atoms with van der Waals surface area (Å²) >= 11 is 0. The molecule has 0 fully saturated rings. The second kappa shape index (κ2) is 5.81. The van der Waals surface area contributed by atoms with Crippen LogP contribution in [0.1, 0.15) is 19.3 Å². The molecule has 0 aliphatic rings. The Labute approximate surface area is 116 Å². The van der Waals surface area contributed by atoms with E-state index in [9.17, 15) is 13.2 Å². The fraction of sp³-hybridized carbons (Fsp3) is 0.455. The SMILES string of the molecule is [2H]C([2H])([2H])Oc1cc(C([2H])([2H])C([2H])([2H])N)c(OC([2H])([2H])[2H])cc1OC(F)(F)F. The van der Waals surface area contributed by atoms with Crippen molar-refractivity contribution in [2.45, 2.75) is 12.7 Å². The zero-order valence-electron chi connectivity index (χ0n) is 18.6. The molecule has 18 heavy (non-hydrogen) atoms. The van der Waals surface area contributed by atoms with Crippen molar-refractivity contribution in [2.75, 3.05) is 20.6 Å². The van der Waals surface area contributed by atoms with Gasteiger partial charge in [-0.2, -0.15) is 0 Å². The van der Waals surface area contributed by atoms with Gasteiger partial charge in [0.05, 0.1) is 22.3 Å². The van der Waals surface area contributed by atoms with Crippen molar-refractivity contribution in [1.82, 2.24) is 0 Å². The number of benzene rings is 1. The Hall–Kier alpha value is -1.63. The molecule has 1 aromatic carbocycles. The standard InChI is InChI=1S/C11H14F3NO3/c1-16-8-6-10(18-11(12,13)14)9(17-2)5-7(8)3-4-15/h5-6H,3-4,15H2,1-2H3/i1D3,2D3,3D2,4D2. The highest BCUT2D eigenvalue weighted by Gasteiger charge is 2.33. The molecule has 0 atom stereocenters. The molecule has 1 rings (SSSR count). The van der Waals surface area contributed by atoms with Crippen molar-refractivity contribution in [2.24, 2.45) is 5.73 Å². The topological polar surface area (TPSA) is 53.7 Å². The molecule has 0 saturated heterocycles. The zero-order chi connectivity index (χ0) is 22.3. The van der Waals surface area contributed by atoms with E-state index in [0.717, 1.165) is 0 Å². The van der Waals surface area contributed by atoms with E-state index in [4.69, 9.17) is 19.4 Å². The summed E-state index contributed by atoms with van der Waals surface area (Å²) in [5.74, 6) is -3.60. The molecule has 0 amide bonds. The predicted octanol–water partition coefficient (Wildman–Crippen LogP) is 2.10. The molecule has 0 heterocycles. The van der Waals surface area contributed by atoms with Gasteiger partial charge in [0.1, 0.15) is 5.75 Å². The van der Waals surface area contributed by atoms with Crippen LogP contribution in [0.15, 0.2) is 12.1 Å². The quantitative estimate of drug-likeness (QED) is 0.894. The summed E-state index contributed by atoms with van der Waals surface area (Å²) in [5, 5.41) is 0. The summed E-state index contributed by atoms with van der Waals surface area (Å²) in [7, 11) is -6.59. The Bertz CT molecular complexity index is 712. The Morgan fingerprint density at radius 3 is 2.44 bits per heavy atom. The highest BCUT2D eigenvalue weighted by molar-refractivity contribution is 5.51. The van der Waals surface area contributed by atoms with Crippen LogP contribution in [-0.4, -0.2) is 26.9 Å². The van der Waals surface area contributed by atoms with Crippen LogP contribution >= 0.6 is 0 Å². The van der Waals surface area contributed by atoms with Gasteiger partial charge in [0.15, 0.2) is 11.5 Å². The van der Waals surface area contributed by atoms with Gasteiger partial charge in [0, 0.05) is 11.5 Å². The van der Waals surface area contributed by atoms with Gasteiger partial charge >= 0.3 is 6.36 Å². The second-order valence-corrected chi connectivity index (χ2v) is 2.82. The molecule has 0 saturated carbocycles. The van der Waals surface area contributed by atoms with E-state index < -0.39 is 56.1 Å². The van der Waals surface area contributed by atoms with E-state index in [-0.39, 0.29) is 6.07 Å². The van der Waals surface area contributed by atoms with Crippen molar-refractivity contribution in [3.63, 3.8) is 0 Å². The number of ether oxygens (including phenoxy) is 3. The maximum atomic E-state index is 12.6. The minimum atomic E-state index is -5.35. The van der Waals surface area contributed by atoms with E-state index in [1.807, 2.05) is 0 Å². The molecule has 0 aromatic heterocycles. The fourth-order valence-electron chi connectivity index (χ4n) is 1.09. The predicted molar refractivity (Wildman–Crippen MR) is 59.0 cm³/mol. The van der Waals surface area contributed by atoms with Gasteiger partial charge in [-0.1, -0.05) is 0 Å². The maximum Gasteiger partial charge on any atom is 0.573 e. The second-order valence-electron chi connectivity index (χ2n) is 2.82. The largest absolute Gasteiger partial charge is 0.573 e. The number of aryl methyl sites for hydroxylation is 1. The number of rotatable bonds is 5. The zero-order valence-corrected chi connectivity index (χ0v) is 8.59. The normalized spacial score (nSPS) is 22.4. The van der Waals surface area contributed by atoms with Crippen molar-refractivity contribution in [1.29, 1.82) is 0 Å². The van der Waals surface area contributed by atoms with Crippen LogP contribution in [0.4, 0.5) is 13.2 Å². The van der Waals surface area contributed by atoms with Gasteiger partial charge in [0.2, 0.25) is 0 Å². The van der Waals surface area contributed by atoms with E-state index in [2.05, 4.69) is 14.2 Å². The summed E-state index contributed by atoms with van der Waals surface area (Å²) in [4.78, 5) is 0. The molecule has 0 aliphatic carbocycles. The van der Waals surface area contributed by atoms with Crippen molar-refractivity contribution >= 4 is 0 Å². The van der Waals surface area contributed by atoms with Crippen LogP contribution in [0.2, 0.25) is 0 Å². The highest BCUT2D eigenvalue weighted by Crippen LogP contribution is 2.37. The lowest BCUT2D eigenvalue weighted by atomic mass is 10.1. The number of hydrogen-bond donors (Lipinski definition) is 1. The van der Waals surface area contributed by atoms with Crippen LogP contribution in [-0.2, 0) is 6.37 Å². The summed E-state index contributed by atoms with van der Waals surface area (Å²) in [6.45, 7) is -3.18. The number of alkyl halides is 3. The third-order valence-corrected chi connectivity index (χ3v) is 1.70. The first kappa shape index (κ1) is 5.56. The summed E-state index contributed by atoms with van der Waals surface area (Å²) in [6, 6.07) is 0.541. The van der Waals surface area contributed by atoms with Crippen molar-refractivity contribution < 1.29 is 41.1 Å². The van der Waals surface area contributed by atoms with Gasteiger partial charge in [-0.15, -0.1) is 13.2 Å². The Morgan fingerprint density at radius 2 is 1.89 bits per heavy atom. The van der Waals surface area contributed by atoms with Gasteiger partial charge < -0.3 is 19.9 Å². The molecule has 2 N–H and O–H groups in total. The summed E-state index contributed by atoms with van der Waals surface area (Å²) in [6.07, 6.45) is -8.59. The molecule has 7 heteroatoms. The number of nitrogens with two attached hydrogens (primary N) is 1. The van der Waals surface area contributed by atoms with Crippen molar-refractivity contribution in [3.8, 4) is 17.2 Å². The van der Waals surface area contributed by atoms with Gasteiger partial charge in [-0.05, 0) is 24.5 Å². The first-order chi connectivity index (χ1) is 12.1. The van der Waals surface area contributed by atoms with Gasteiger partial charge in [0.25, 0.3) is 0 Å². The molecule has 1 aromatic rings. The third-order valence-electron chi connectivity index (χ3n) is 1.70. The third kappa shape index (κ3) is 3.69. The molecule has 0 aliphatic heterocycles. The van der Waals surface area contributed by atoms with Crippen LogP contribution in [0.5, 0.6) is 17.2 Å². The van der Waals surface area contributed by atoms with Crippen LogP contribution in [0.3, 0.4) is 0 Å². The van der Waals surface area contributed by atoms with Gasteiger partial charge in [-0.25, -0.2) is 0 Å². The molecule has 102 valence electrons. The molecular weight excluding hydrogens is 251 g/mol. The van der Waals surface area contributed by atoms with E-state index in [1.165, 1.54) is 0 Å². The monoisotopic (exact) mass is 275 g/mol. The average Bonchev–Trinajstić information content (AvgIpc) is 2.34. The lowest BCUT2D eigenvalue weighted by Crippen LogP contribution is -2.18. The van der Waals surface area contributed by atoms with Crippen LogP contribution in [0.25, 0.3) is 0 Å². The lowest BCUT2D eigenvalue weighted by Gasteiger charge is -2.16. The maximum absolute atomic E-state index is 12.6. The number of methoxy groups -OCH3 is 2. The minimum Gasteiger partial charge on any atom is -0.496 e. The van der Waals surface area contributed by atoms with Crippen molar-refractivity contribution in [3.05, 3.63) is 17.7 Å². The minimum absolute atomic E-state index is 0.222. The first-order valence-corrected chi connectivity index (χ1v) is 4.24.